The highest BCUT2D eigenvalue weighted by atomic mass is 32.1. The van der Waals surface area contributed by atoms with Gasteiger partial charge in [-0.15, -0.1) is 11.3 Å². The summed E-state index contributed by atoms with van der Waals surface area (Å²) in [7, 11) is 0. The Hall–Kier alpha value is -1.92. The van der Waals surface area contributed by atoms with Crippen LogP contribution in [0.25, 0.3) is 11.0 Å². The Balaban J connectivity index is 1.74. The first-order valence-corrected chi connectivity index (χ1v) is 7.30. The van der Waals surface area contributed by atoms with Crippen LogP contribution >= 0.6 is 11.3 Å². The van der Waals surface area contributed by atoms with Gasteiger partial charge in [0.2, 0.25) is 0 Å². The van der Waals surface area contributed by atoms with Crippen LogP contribution in [0.5, 0.6) is 0 Å². The standard InChI is InChI=1S/C14H16N4OS/c1-8(15-6-11-7-16-9(2)20-11)10-3-4-12-13(5-10)18-14(19)17-12/h3-5,7-8,15H,6H2,1-2H3,(H2,17,18,19). The van der Waals surface area contributed by atoms with Gasteiger partial charge in [0.25, 0.3) is 0 Å². The third-order valence-corrected chi connectivity index (χ3v) is 4.20. The van der Waals surface area contributed by atoms with Crippen LogP contribution in [0.4, 0.5) is 0 Å². The highest BCUT2D eigenvalue weighted by molar-refractivity contribution is 7.11. The molecule has 0 amide bonds. The van der Waals surface area contributed by atoms with Crippen LogP contribution in [0.1, 0.15) is 28.4 Å². The summed E-state index contributed by atoms with van der Waals surface area (Å²) in [6.07, 6.45) is 1.91. The molecule has 0 aliphatic rings. The molecule has 104 valence electrons. The number of aromatic nitrogens is 3. The average molecular weight is 288 g/mol. The molecule has 5 nitrogen and oxygen atoms in total. The van der Waals surface area contributed by atoms with Gasteiger partial charge in [0.1, 0.15) is 0 Å². The lowest BCUT2D eigenvalue weighted by Gasteiger charge is -2.13. The van der Waals surface area contributed by atoms with E-state index >= 15 is 0 Å². The number of H-pyrrole nitrogens is 2. The zero-order valence-electron chi connectivity index (χ0n) is 11.4. The lowest BCUT2D eigenvalue weighted by atomic mass is 10.1. The quantitative estimate of drug-likeness (QED) is 0.690. The minimum absolute atomic E-state index is 0.169. The second kappa shape index (κ2) is 5.22. The van der Waals surface area contributed by atoms with Crippen LogP contribution in [-0.4, -0.2) is 15.0 Å². The number of fused-ring (bicyclic) bond motifs is 1. The summed E-state index contributed by atoms with van der Waals surface area (Å²) in [5.74, 6) is 0. The fourth-order valence-electron chi connectivity index (χ4n) is 2.18. The smallest absolute Gasteiger partial charge is 0.306 e. The molecule has 3 N–H and O–H groups in total. The lowest BCUT2D eigenvalue weighted by molar-refractivity contribution is 0.579. The number of imidazole rings is 1. The van der Waals surface area contributed by atoms with Gasteiger partial charge in [-0.05, 0) is 31.5 Å². The van der Waals surface area contributed by atoms with Crippen LogP contribution in [0.3, 0.4) is 0 Å². The van der Waals surface area contributed by atoms with Gasteiger partial charge < -0.3 is 15.3 Å². The van der Waals surface area contributed by atoms with Crippen molar-refractivity contribution < 1.29 is 0 Å². The average Bonchev–Trinajstić information content (AvgIpc) is 2.99. The number of benzene rings is 1. The van der Waals surface area contributed by atoms with Crippen LogP contribution in [0, 0.1) is 6.92 Å². The molecule has 1 atom stereocenters. The zero-order chi connectivity index (χ0) is 14.1. The van der Waals surface area contributed by atoms with Gasteiger partial charge in [0, 0.05) is 23.7 Å². The molecule has 6 heteroatoms. The minimum Gasteiger partial charge on any atom is -0.306 e. The summed E-state index contributed by atoms with van der Waals surface area (Å²) in [5, 5.41) is 4.55. The predicted octanol–water partition coefficient (Wildman–Crippen LogP) is 2.47. The number of aryl methyl sites for hydroxylation is 1. The Morgan fingerprint density at radius 3 is 2.90 bits per heavy atom. The number of aromatic amines is 2. The summed E-state index contributed by atoms with van der Waals surface area (Å²) in [6, 6.07) is 6.17. The molecule has 20 heavy (non-hydrogen) atoms. The number of nitrogens with one attached hydrogen (secondary N) is 3. The van der Waals surface area contributed by atoms with E-state index in [1.54, 1.807) is 11.3 Å². The molecule has 0 spiro atoms. The summed E-state index contributed by atoms with van der Waals surface area (Å²) in [6.45, 7) is 4.92. The SMILES string of the molecule is Cc1ncc(CNC(C)c2ccc3[nH]c(=O)[nH]c3c2)s1. The Morgan fingerprint density at radius 1 is 1.35 bits per heavy atom. The molecule has 0 bridgehead atoms. The van der Waals surface area contributed by atoms with Crippen molar-refractivity contribution in [1.82, 2.24) is 20.3 Å². The van der Waals surface area contributed by atoms with Gasteiger partial charge in [-0.3, -0.25) is 0 Å². The second-order valence-electron chi connectivity index (χ2n) is 4.83. The van der Waals surface area contributed by atoms with Crippen molar-refractivity contribution in [2.75, 3.05) is 0 Å². The Kier molecular flexibility index (Phi) is 3.42. The Bertz CT molecular complexity index is 786. The lowest BCUT2D eigenvalue weighted by Crippen LogP contribution is -2.17. The van der Waals surface area contributed by atoms with Gasteiger partial charge in [-0.2, -0.15) is 0 Å². The van der Waals surface area contributed by atoms with Gasteiger partial charge in [-0.1, -0.05) is 6.07 Å². The molecule has 0 aliphatic carbocycles. The molecule has 0 aliphatic heterocycles. The van der Waals surface area contributed by atoms with Crippen LogP contribution in [0.2, 0.25) is 0 Å². The van der Waals surface area contributed by atoms with E-state index in [9.17, 15) is 4.79 Å². The number of hydrogen-bond donors (Lipinski definition) is 3. The number of rotatable bonds is 4. The largest absolute Gasteiger partial charge is 0.323 e. The molecule has 2 heterocycles. The first kappa shape index (κ1) is 13.1. The molecule has 1 aromatic carbocycles. The zero-order valence-corrected chi connectivity index (χ0v) is 12.2. The summed E-state index contributed by atoms with van der Waals surface area (Å²) < 4.78 is 0. The van der Waals surface area contributed by atoms with Crippen LogP contribution in [-0.2, 0) is 6.54 Å². The van der Waals surface area contributed by atoms with Gasteiger partial charge >= 0.3 is 5.69 Å². The van der Waals surface area contributed by atoms with E-state index < -0.39 is 0 Å². The molecular weight excluding hydrogens is 272 g/mol. The second-order valence-corrected chi connectivity index (χ2v) is 6.15. The molecule has 0 saturated carbocycles. The molecule has 0 radical (unpaired) electrons. The highest BCUT2D eigenvalue weighted by Crippen LogP contribution is 2.18. The minimum atomic E-state index is -0.169. The first-order valence-electron chi connectivity index (χ1n) is 6.48. The van der Waals surface area contributed by atoms with Crippen LogP contribution in [0.15, 0.2) is 29.2 Å². The monoisotopic (exact) mass is 288 g/mol. The van der Waals surface area contributed by atoms with Crippen molar-refractivity contribution in [3.63, 3.8) is 0 Å². The summed E-state index contributed by atoms with van der Waals surface area (Å²) in [5.41, 5.74) is 2.66. The normalized spacial score (nSPS) is 12.9. The first-order chi connectivity index (χ1) is 9.61. The van der Waals surface area contributed by atoms with Crippen molar-refractivity contribution in [3.8, 4) is 0 Å². The van der Waals surface area contributed by atoms with Crippen molar-refractivity contribution in [2.45, 2.75) is 26.4 Å². The molecule has 3 rings (SSSR count). The molecule has 0 saturated heterocycles. The maximum Gasteiger partial charge on any atom is 0.323 e. The van der Waals surface area contributed by atoms with E-state index in [1.807, 2.05) is 31.3 Å². The number of hydrogen-bond acceptors (Lipinski definition) is 4. The van der Waals surface area contributed by atoms with E-state index in [0.717, 1.165) is 28.1 Å². The third-order valence-electron chi connectivity index (χ3n) is 3.29. The van der Waals surface area contributed by atoms with Crippen molar-refractivity contribution in [2.24, 2.45) is 0 Å². The molecule has 2 aromatic heterocycles. The molecule has 3 aromatic rings. The molecule has 0 fully saturated rings. The maximum atomic E-state index is 11.3. The van der Waals surface area contributed by atoms with Crippen molar-refractivity contribution in [3.05, 3.63) is 50.3 Å². The number of thiazole rings is 1. The Morgan fingerprint density at radius 2 is 2.15 bits per heavy atom. The highest BCUT2D eigenvalue weighted by Gasteiger charge is 2.08. The predicted molar refractivity (Wildman–Crippen MR) is 81.0 cm³/mol. The van der Waals surface area contributed by atoms with Gasteiger partial charge in [0.05, 0.1) is 16.0 Å². The fraction of sp³-hybridized carbons (Fsp3) is 0.286. The van der Waals surface area contributed by atoms with E-state index in [0.29, 0.717) is 0 Å². The van der Waals surface area contributed by atoms with E-state index in [-0.39, 0.29) is 11.7 Å². The Labute approximate surface area is 120 Å². The molecular formula is C14H16N4OS. The third kappa shape index (κ3) is 2.66. The number of nitrogens with zero attached hydrogens (tertiary/aromatic N) is 1. The van der Waals surface area contributed by atoms with Gasteiger partial charge in [-0.25, -0.2) is 9.78 Å². The van der Waals surface area contributed by atoms with Crippen molar-refractivity contribution >= 4 is 22.4 Å². The topological polar surface area (TPSA) is 73.6 Å². The molecule has 1 unspecified atom stereocenters. The van der Waals surface area contributed by atoms with Crippen molar-refractivity contribution in [1.29, 1.82) is 0 Å². The van der Waals surface area contributed by atoms with E-state index in [4.69, 9.17) is 0 Å². The summed E-state index contributed by atoms with van der Waals surface area (Å²) >= 11 is 1.70. The fourth-order valence-corrected chi connectivity index (χ4v) is 2.92. The van der Waals surface area contributed by atoms with Gasteiger partial charge in [0.15, 0.2) is 0 Å². The van der Waals surface area contributed by atoms with E-state index in [2.05, 4.69) is 27.2 Å². The summed E-state index contributed by atoms with van der Waals surface area (Å²) in [4.78, 5) is 22.3. The van der Waals surface area contributed by atoms with Crippen LogP contribution < -0.4 is 11.0 Å². The van der Waals surface area contributed by atoms with E-state index in [1.165, 1.54) is 4.88 Å². The maximum absolute atomic E-state index is 11.3.